The Kier molecular flexibility index (Phi) is 2.66. The Balaban J connectivity index is 2.45. The zero-order valence-electron chi connectivity index (χ0n) is 8.76. The first-order chi connectivity index (χ1) is 7.58. The Labute approximate surface area is 95.8 Å². The summed E-state index contributed by atoms with van der Waals surface area (Å²) in [5.74, 6) is -0.500. The van der Waals surface area contributed by atoms with Crippen LogP contribution in [0.25, 0.3) is 10.8 Å². The van der Waals surface area contributed by atoms with Crippen molar-refractivity contribution in [2.45, 2.75) is 13.8 Å². The molecule has 6 heteroatoms. The lowest BCUT2D eigenvalue weighted by molar-refractivity contribution is 0.0701. The zero-order chi connectivity index (χ0) is 11.7. The first-order valence-electron chi connectivity index (χ1n) is 4.57. The summed E-state index contributed by atoms with van der Waals surface area (Å²) in [5.41, 5.74) is 1.45. The van der Waals surface area contributed by atoms with Gasteiger partial charge in [-0.25, -0.2) is 19.7 Å². The molecule has 0 fully saturated rings. The van der Waals surface area contributed by atoms with E-state index in [0.717, 1.165) is 16.9 Å². The molecular weight excluding hydrogens is 226 g/mol. The molecule has 2 heterocycles. The quantitative estimate of drug-likeness (QED) is 0.860. The van der Waals surface area contributed by atoms with Crippen molar-refractivity contribution in [2.24, 2.45) is 0 Å². The fourth-order valence-corrected chi connectivity index (χ4v) is 2.05. The lowest BCUT2D eigenvalue weighted by Gasteiger charge is -1.93. The number of aromatic carboxylic acids is 1. The predicted octanol–water partition coefficient (Wildman–Crippen LogP) is 1.92. The van der Waals surface area contributed by atoms with E-state index in [0.29, 0.717) is 16.5 Å². The molecule has 2 rings (SSSR count). The second kappa shape index (κ2) is 3.97. The molecule has 0 unspecified atom stereocenters. The summed E-state index contributed by atoms with van der Waals surface area (Å²) in [6.45, 7) is 3.55. The molecule has 0 bridgehead atoms. The maximum absolute atomic E-state index is 10.9. The number of thiazole rings is 1. The standard InChI is InChI=1S/C10H9N3O2S/c1-5-3-11-8(12-4-5)9-13-6(2)7(16-9)10(14)15/h3-4H,1-2H3,(H,14,15). The number of carbonyl (C=O) groups is 1. The van der Waals surface area contributed by atoms with E-state index in [1.807, 2.05) is 6.92 Å². The van der Waals surface area contributed by atoms with Gasteiger partial charge >= 0.3 is 5.97 Å². The van der Waals surface area contributed by atoms with E-state index in [1.54, 1.807) is 19.3 Å². The van der Waals surface area contributed by atoms with Gasteiger partial charge in [0, 0.05) is 12.4 Å². The second-order valence-electron chi connectivity index (χ2n) is 3.32. The lowest BCUT2D eigenvalue weighted by Crippen LogP contribution is -1.94. The van der Waals surface area contributed by atoms with E-state index in [2.05, 4.69) is 15.0 Å². The van der Waals surface area contributed by atoms with E-state index in [-0.39, 0.29) is 4.88 Å². The largest absolute Gasteiger partial charge is 0.477 e. The fraction of sp³-hybridized carbons (Fsp3) is 0.200. The lowest BCUT2D eigenvalue weighted by atomic mass is 10.4. The number of aromatic nitrogens is 3. The average molecular weight is 235 g/mol. The van der Waals surface area contributed by atoms with Crippen LogP contribution in [-0.4, -0.2) is 26.0 Å². The molecule has 0 saturated heterocycles. The molecule has 2 aromatic rings. The van der Waals surface area contributed by atoms with Gasteiger partial charge in [-0.15, -0.1) is 11.3 Å². The minimum atomic E-state index is -0.964. The second-order valence-corrected chi connectivity index (χ2v) is 4.32. The summed E-state index contributed by atoms with van der Waals surface area (Å²) in [7, 11) is 0. The van der Waals surface area contributed by atoms with Gasteiger partial charge < -0.3 is 5.11 Å². The van der Waals surface area contributed by atoms with Crippen molar-refractivity contribution in [3.63, 3.8) is 0 Å². The molecule has 16 heavy (non-hydrogen) atoms. The van der Waals surface area contributed by atoms with Crippen molar-refractivity contribution in [1.82, 2.24) is 15.0 Å². The highest BCUT2D eigenvalue weighted by Crippen LogP contribution is 2.24. The highest BCUT2D eigenvalue weighted by molar-refractivity contribution is 7.16. The summed E-state index contributed by atoms with van der Waals surface area (Å²) < 4.78 is 0. The zero-order valence-corrected chi connectivity index (χ0v) is 9.58. The SMILES string of the molecule is Cc1cnc(-c2nc(C)c(C(=O)O)s2)nc1. The number of hydrogen-bond acceptors (Lipinski definition) is 5. The summed E-state index contributed by atoms with van der Waals surface area (Å²) in [6.07, 6.45) is 3.36. The van der Waals surface area contributed by atoms with Gasteiger partial charge in [0.15, 0.2) is 10.8 Å². The molecule has 0 amide bonds. The van der Waals surface area contributed by atoms with E-state index < -0.39 is 5.97 Å². The summed E-state index contributed by atoms with van der Waals surface area (Å²) in [4.78, 5) is 23.4. The highest BCUT2D eigenvalue weighted by Gasteiger charge is 2.16. The molecular formula is C10H9N3O2S. The Morgan fingerprint density at radius 2 is 1.94 bits per heavy atom. The van der Waals surface area contributed by atoms with Crippen LogP contribution in [0.15, 0.2) is 12.4 Å². The molecule has 0 aliphatic rings. The maximum atomic E-state index is 10.9. The normalized spacial score (nSPS) is 10.4. The minimum Gasteiger partial charge on any atom is -0.477 e. The number of aryl methyl sites for hydroxylation is 2. The third-order valence-electron chi connectivity index (χ3n) is 1.96. The molecule has 0 aromatic carbocycles. The number of carboxylic acids is 1. The Morgan fingerprint density at radius 1 is 1.31 bits per heavy atom. The van der Waals surface area contributed by atoms with Crippen LogP contribution < -0.4 is 0 Å². The van der Waals surface area contributed by atoms with Gasteiger partial charge in [0.1, 0.15) is 4.88 Å². The van der Waals surface area contributed by atoms with Gasteiger partial charge in [-0.2, -0.15) is 0 Å². The van der Waals surface area contributed by atoms with E-state index >= 15 is 0 Å². The van der Waals surface area contributed by atoms with E-state index in [9.17, 15) is 4.79 Å². The van der Waals surface area contributed by atoms with Gasteiger partial charge in [-0.1, -0.05) is 0 Å². The van der Waals surface area contributed by atoms with Crippen molar-refractivity contribution >= 4 is 17.3 Å². The summed E-state index contributed by atoms with van der Waals surface area (Å²) in [6, 6.07) is 0. The number of carboxylic acid groups (broad SMARTS) is 1. The molecule has 1 N–H and O–H groups in total. The molecule has 0 atom stereocenters. The van der Waals surface area contributed by atoms with Gasteiger partial charge in [-0.3, -0.25) is 0 Å². The van der Waals surface area contributed by atoms with Crippen molar-refractivity contribution in [2.75, 3.05) is 0 Å². The van der Waals surface area contributed by atoms with Crippen LogP contribution in [0.2, 0.25) is 0 Å². The molecule has 0 spiro atoms. The molecule has 82 valence electrons. The summed E-state index contributed by atoms with van der Waals surface area (Å²) >= 11 is 1.09. The van der Waals surface area contributed by atoms with E-state index in [4.69, 9.17) is 5.11 Å². The van der Waals surface area contributed by atoms with Crippen LogP contribution in [0.3, 0.4) is 0 Å². The van der Waals surface area contributed by atoms with Gasteiger partial charge in [0.2, 0.25) is 0 Å². The molecule has 0 aliphatic carbocycles. The topological polar surface area (TPSA) is 76.0 Å². The van der Waals surface area contributed by atoms with Crippen LogP contribution in [0.5, 0.6) is 0 Å². The van der Waals surface area contributed by atoms with Crippen molar-refractivity contribution in [1.29, 1.82) is 0 Å². The van der Waals surface area contributed by atoms with Gasteiger partial charge in [-0.05, 0) is 19.4 Å². The molecule has 2 aromatic heterocycles. The number of nitrogens with zero attached hydrogens (tertiary/aromatic N) is 3. The Bertz CT molecular complexity index is 533. The van der Waals surface area contributed by atoms with Crippen molar-refractivity contribution in [3.05, 3.63) is 28.5 Å². The molecule has 0 saturated carbocycles. The highest BCUT2D eigenvalue weighted by atomic mass is 32.1. The maximum Gasteiger partial charge on any atom is 0.347 e. The van der Waals surface area contributed by atoms with Gasteiger partial charge in [0.25, 0.3) is 0 Å². The van der Waals surface area contributed by atoms with Crippen LogP contribution in [0.4, 0.5) is 0 Å². The number of rotatable bonds is 2. The monoisotopic (exact) mass is 235 g/mol. The predicted molar refractivity (Wildman–Crippen MR) is 59.6 cm³/mol. The first kappa shape index (κ1) is 10.7. The Hall–Kier alpha value is -1.82. The van der Waals surface area contributed by atoms with E-state index in [1.165, 1.54) is 0 Å². The van der Waals surface area contributed by atoms with Crippen LogP contribution >= 0.6 is 11.3 Å². The molecule has 0 aliphatic heterocycles. The van der Waals surface area contributed by atoms with Crippen LogP contribution in [0.1, 0.15) is 20.9 Å². The third-order valence-corrected chi connectivity index (χ3v) is 3.10. The third kappa shape index (κ3) is 1.92. The fourth-order valence-electron chi connectivity index (χ4n) is 1.19. The Morgan fingerprint density at radius 3 is 2.44 bits per heavy atom. The van der Waals surface area contributed by atoms with Crippen molar-refractivity contribution in [3.8, 4) is 10.8 Å². The van der Waals surface area contributed by atoms with Crippen molar-refractivity contribution < 1.29 is 9.90 Å². The molecule has 0 radical (unpaired) electrons. The van der Waals surface area contributed by atoms with Crippen LogP contribution in [-0.2, 0) is 0 Å². The van der Waals surface area contributed by atoms with Crippen LogP contribution in [0, 0.1) is 13.8 Å². The smallest absolute Gasteiger partial charge is 0.347 e. The minimum absolute atomic E-state index is 0.235. The molecule has 5 nitrogen and oxygen atoms in total. The number of hydrogen-bond donors (Lipinski definition) is 1. The first-order valence-corrected chi connectivity index (χ1v) is 5.39. The van der Waals surface area contributed by atoms with Gasteiger partial charge in [0.05, 0.1) is 5.69 Å². The summed E-state index contributed by atoms with van der Waals surface area (Å²) in [5, 5.41) is 9.44. The average Bonchev–Trinajstić information content (AvgIpc) is 2.61.